The number of halogens is 1. The van der Waals surface area contributed by atoms with E-state index in [1.807, 2.05) is 20.8 Å². The van der Waals surface area contributed by atoms with Gasteiger partial charge in [0.2, 0.25) is 5.91 Å². The summed E-state index contributed by atoms with van der Waals surface area (Å²) in [6.45, 7) is 6.36. The van der Waals surface area contributed by atoms with E-state index in [1.165, 1.54) is 12.1 Å². The highest BCUT2D eigenvalue weighted by Gasteiger charge is 2.28. The van der Waals surface area contributed by atoms with Gasteiger partial charge < -0.3 is 11.1 Å². The molecule has 0 fully saturated rings. The highest BCUT2D eigenvalue weighted by molar-refractivity contribution is 5.79. The molecule has 0 spiro atoms. The van der Waals surface area contributed by atoms with Gasteiger partial charge in [-0.3, -0.25) is 4.79 Å². The number of amides is 1. The molecule has 1 rings (SSSR count). The Morgan fingerprint density at radius 3 is 2.39 bits per heavy atom. The van der Waals surface area contributed by atoms with Gasteiger partial charge in [0.15, 0.2) is 0 Å². The summed E-state index contributed by atoms with van der Waals surface area (Å²) in [4.78, 5) is 11.9. The maximum absolute atomic E-state index is 12.7. The van der Waals surface area contributed by atoms with Crippen LogP contribution in [0.2, 0.25) is 0 Å². The summed E-state index contributed by atoms with van der Waals surface area (Å²) in [6.07, 6.45) is 0.239. The molecule has 0 aliphatic rings. The Bertz CT molecular complexity index is 403. The zero-order valence-corrected chi connectivity index (χ0v) is 11.2. The molecule has 0 heterocycles. The maximum Gasteiger partial charge on any atom is 0.224 e. The predicted octanol–water partition coefficient (Wildman–Crippen LogP) is 1.86. The molecule has 0 saturated heterocycles. The summed E-state index contributed by atoms with van der Waals surface area (Å²) in [5.74, 6) is -0.143. The molecule has 0 aromatic heterocycles. The zero-order chi connectivity index (χ0) is 13.8. The Morgan fingerprint density at radius 1 is 1.39 bits per heavy atom. The molecule has 18 heavy (non-hydrogen) atoms. The van der Waals surface area contributed by atoms with Crippen LogP contribution in [0.15, 0.2) is 24.3 Å². The molecule has 0 aliphatic heterocycles. The lowest BCUT2D eigenvalue weighted by molar-refractivity contribution is -0.122. The number of nitrogens with two attached hydrogens (primary N) is 1. The molecule has 3 N–H and O–H groups in total. The van der Waals surface area contributed by atoms with E-state index in [9.17, 15) is 9.18 Å². The normalized spacial score (nSPS) is 14.3. The van der Waals surface area contributed by atoms with Crippen LogP contribution in [-0.4, -0.2) is 18.0 Å². The molecular formula is C14H21FN2O. The van der Waals surface area contributed by atoms with Crippen molar-refractivity contribution in [3.05, 3.63) is 35.6 Å². The van der Waals surface area contributed by atoms with E-state index in [1.54, 1.807) is 12.1 Å². The van der Waals surface area contributed by atoms with Crippen LogP contribution in [-0.2, 0) is 11.2 Å². The van der Waals surface area contributed by atoms with Crippen LogP contribution in [0.3, 0.4) is 0 Å². The van der Waals surface area contributed by atoms with Crippen LogP contribution in [0.4, 0.5) is 4.39 Å². The first-order valence-corrected chi connectivity index (χ1v) is 6.13. The Labute approximate surface area is 108 Å². The second kappa shape index (κ2) is 5.96. The van der Waals surface area contributed by atoms with Gasteiger partial charge in [-0.15, -0.1) is 0 Å². The van der Waals surface area contributed by atoms with Gasteiger partial charge in [0.25, 0.3) is 0 Å². The Morgan fingerprint density at radius 2 is 1.94 bits per heavy atom. The summed E-state index contributed by atoms with van der Waals surface area (Å²) in [5, 5.41) is 2.95. The van der Waals surface area contributed by atoms with E-state index in [2.05, 4.69) is 5.32 Å². The Balaban J connectivity index is 2.64. The van der Waals surface area contributed by atoms with Crippen molar-refractivity contribution in [2.75, 3.05) is 6.54 Å². The molecule has 100 valence electrons. The van der Waals surface area contributed by atoms with Crippen LogP contribution in [0.25, 0.3) is 0 Å². The Kier molecular flexibility index (Phi) is 4.84. The van der Waals surface area contributed by atoms with Crippen LogP contribution in [0.1, 0.15) is 26.3 Å². The lowest BCUT2D eigenvalue weighted by Crippen LogP contribution is -2.55. The average molecular weight is 252 g/mol. The molecule has 0 bridgehead atoms. The van der Waals surface area contributed by atoms with Gasteiger partial charge >= 0.3 is 0 Å². The van der Waals surface area contributed by atoms with Crippen LogP contribution >= 0.6 is 0 Å². The van der Waals surface area contributed by atoms with Crippen LogP contribution < -0.4 is 11.1 Å². The summed E-state index contributed by atoms with van der Waals surface area (Å²) in [7, 11) is 0. The summed E-state index contributed by atoms with van der Waals surface area (Å²) >= 11 is 0. The van der Waals surface area contributed by atoms with Gasteiger partial charge in [-0.2, -0.15) is 0 Å². The monoisotopic (exact) mass is 252 g/mol. The Hall–Kier alpha value is -1.42. The van der Waals surface area contributed by atoms with Gasteiger partial charge in [0, 0.05) is 6.54 Å². The zero-order valence-electron chi connectivity index (χ0n) is 11.2. The SMILES string of the molecule is CC(C)C(C)(CN)NC(=O)Cc1ccc(F)cc1. The van der Waals surface area contributed by atoms with Gasteiger partial charge in [-0.25, -0.2) is 4.39 Å². The third-order valence-electron chi connectivity index (χ3n) is 3.40. The quantitative estimate of drug-likeness (QED) is 0.840. The fourth-order valence-electron chi connectivity index (χ4n) is 1.58. The number of carbonyl (C=O) groups is 1. The molecule has 0 radical (unpaired) electrons. The van der Waals surface area contributed by atoms with Crippen LogP contribution in [0.5, 0.6) is 0 Å². The number of carbonyl (C=O) groups excluding carboxylic acids is 1. The second-order valence-electron chi connectivity index (χ2n) is 5.13. The summed E-state index contributed by atoms with van der Waals surface area (Å²) < 4.78 is 12.7. The molecule has 0 saturated carbocycles. The molecule has 1 aromatic rings. The maximum atomic E-state index is 12.7. The molecule has 1 amide bonds. The van der Waals surface area contributed by atoms with Crippen molar-refractivity contribution in [1.82, 2.24) is 5.32 Å². The number of benzene rings is 1. The minimum atomic E-state index is -0.406. The van der Waals surface area contributed by atoms with E-state index in [-0.39, 0.29) is 24.1 Å². The molecule has 1 aromatic carbocycles. The minimum absolute atomic E-state index is 0.0942. The molecule has 1 unspecified atom stereocenters. The van der Waals surface area contributed by atoms with Gasteiger partial charge in [0.05, 0.1) is 12.0 Å². The molecular weight excluding hydrogens is 231 g/mol. The molecule has 0 aliphatic carbocycles. The van der Waals surface area contributed by atoms with Gasteiger partial charge in [-0.05, 0) is 30.5 Å². The molecule has 1 atom stereocenters. The van der Waals surface area contributed by atoms with E-state index in [0.717, 1.165) is 5.56 Å². The number of nitrogens with one attached hydrogen (secondary N) is 1. The fourth-order valence-corrected chi connectivity index (χ4v) is 1.58. The van der Waals surface area contributed by atoms with Crippen LogP contribution in [0, 0.1) is 11.7 Å². The van der Waals surface area contributed by atoms with Crippen molar-refractivity contribution in [2.45, 2.75) is 32.7 Å². The lowest BCUT2D eigenvalue weighted by Gasteiger charge is -2.33. The lowest BCUT2D eigenvalue weighted by atomic mass is 9.88. The third-order valence-corrected chi connectivity index (χ3v) is 3.40. The van der Waals surface area contributed by atoms with Crippen molar-refractivity contribution in [3.63, 3.8) is 0 Å². The number of hydrogen-bond acceptors (Lipinski definition) is 2. The van der Waals surface area contributed by atoms with Gasteiger partial charge in [-0.1, -0.05) is 26.0 Å². The van der Waals surface area contributed by atoms with Crippen molar-refractivity contribution < 1.29 is 9.18 Å². The number of hydrogen-bond donors (Lipinski definition) is 2. The number of rotatable bonds is 5. The smallest absolute Gasteiger partial charge is 0.224 e. The first-order chi connectivity index (χ1) is 8.37. The van der Waals surface area contributed by atoms with Gasteiger partial charge in [0.1, 0.15) is 5.82 Å². The fraction of sp³-hybridized carbons (Fsp3) is 0.500. The first-order valence-electron chi connectivity index (χ1n) is 6.13. The predicted molar refractivity (Wildman–Crippen MR) is 70.5 cm³/mol. The summed E-state index contributed by atoms with van der Waals surface area (Å²) in [6, 6.07) is 5.94. The van der Waals surface area contributed by atoms with E-state index in [4.69, 9.17) is 5.73 Å². The van der Waals surface area contributed by atoms with Crippen molar-refractivity contribution in [3.8, 4) is 0 Å². The van der Waals surface area contributed by atoms with E-state index >= 15 is 0 Å². The second-order valence-corrected chi connectivity index (χ2v) is 5.13. The average Bonchev–Trinajstić information content (AvgIpc) is 2.31. The van der Waals surface area contributed by atoms with E-state index in [0.29, 0.717) is 6.54 Å². The molecule has 4 heteroatoms. The molecule has 3 nitrogen and oxygen atoms in total. The summed E-state index contributed by atoms with van der Waals surface area (Å²) in [5.41, 5.74) is 6.09. The van der Waals surface area contributed by atoms with Crippen molar-refractivity contribution in [2.24, 2.45) is 11.7 Å². The van der Waals surface area contributed by atoms with E-state index < -0.39 is 5.54 Å². The standard InChI is InChI=1S/C14H21FN2O/c1-10(2)14(3,9-16)17-13(18)8-11-4-6-12(15)7-5-11/h4-7,10H,8-9,16H2,1-3H3,(H,17,18). The highest BCUT2D eigenvalue weighted by Crippen LogP contribution is 2.15. The van der Waals surface area contributed by atoms with Crippen molar-refractivity contribution >= 4 is 5.91 Å². The topological polar surface area (TPSA) is 55.1 Å². The minimum Gasteiger partial charge on any atom is -0.349 e. The third kappa shape index (κ3) is 3.81. The van der Waals surface area contributed by atoms with Crippen molar-refractivity contribution in [1.29, 1.82) is 0 Å². The highest BCUT2D eigenvalue weighted by atomic mass is 19.1. The largest absolute Gasteiger partial charge is 0.349 e. The first kappa shape index (κ1) is 14.6.